The fourth-order valence-corrected chi connectivity index (χ4v) is 2.04. The third-order valence-electron chi connectivity index (χ3n) is 2.46. The van der Waals surface area contributed by atoms with Crippen LogP contribution in [0.1, 0.15) is 24.6 Å². The van der Waals surface area contributed by atoms with Crippen LogP contribution < -0.4 is 4.74 Å². The summed E-state index contributed by atoms with van der Waals surface area (Å²) in [4.78, 5) is 4.16. The molecule has 0 aliphatic heterocycles. The van der Waals surface area contributed by atoms with Crippen LogP contribution in [0.15, 0.2) is 18.2 Å². The van der Waals surface area contributed by atoms with Gasteiger partial charge in [-0.25, -0.2) is 8.78 Å². The van der Waals surface area contributed by atoms with E-state index in [1.807, 2.05) is 0 Å². The molecule has 0 bridgehead atoms. The first-order valence-corrected chi connectivity index (χ1v) is 5.96. The van der Waals surface area contributed by atoms with Crippen molar-refractivity contribution in [3.05, 3.63) is 35.7 Å². The van der Waals surface area contributed by atoms with Crippen LogP contribution in [-0.2, 0) is 0 Å². The van der Waals surface area contributed by atoms with Crippen molar-refractivity contribution in [2.24, 2.45) is 0 Å². The standard InChI is InChI=1S/C11H8F2N2OS/c12-7-3-4-9(8(13)5-7)16-11-14-10(15-17-11)6-1-2-6/h3-6H,1-2H2. The van der Waals surface area contributed by atoms with Crippen molar-refractivity contribution in [3.8, 4) is 10.9 Å². The number of nitrogens with zero attached hydrogens (tertiary/aromatic N) is 2. The van der Waals surface area contributed by atoms with Gasteiger partial charge in [0.15, 0.2) is 11.6 Å². The molecule has 0 spiro atoms. The lowest BCUT2D eigenvalue weighted by molar-refractivity contribution is 0.434. The second-order valence-corrected chi connectivity index (χ2v) is 4.58. The average molecular weight is 254 g/mol. The van der Waals surface area contributed by atoms with Crippen molar-refractivity contribution in [2.75, 3.05) is 0 Å². The molecule has 0 radical (unpaired) electrons. The van der Waals surface area contributed by atoms with Gasteiger partial charge >= 0.3 is 0 Å². The molecule has 0 saturated heterocycles. The largest absolute Gasteiger partial charge is 0.427 e. The first-order valence-electron chi connectivity index (χ1n) is 5.19. The molecule has 0 N–H and O–H groups in total. The second kappa shape index (κ2) is 4.03. The zero-order chi connectivity index (χ0) is 11.8. The van der Waals surface area contributed by atoms with Crippen molar-refractivity contribution in [1.82, 2.24) is 9.36 Å². The van der Waals surface area contributed by atoms with E-state index in [9.17, 15) is 8.78 Å². The minimum Gasteiger partial charge on any atom is -0.427 e. The smallest absolute Gasteiger partial charge is 0.298 e. The minimum absolute atomic E-state index is 0.0371. The highest BCUT2D eigenvalue weighted by molar-refractivity contribution is 7.07. The van der Waals surface area contributed by atoms with E-state index in [0.717, 1.165) is 42.3 Å². The molecule has 1 fully saturated rings. The van der Waals surface area contributed by atoms with Crippen LogP contribution >= 0.6 is 11.5 Å². The molecular weight excluding hydrogens is 246 g/mol. The lowest BCUT2D eigenvalue weighted by atomic mass is 10.3. The van der Waals surface area contributed by atoms with Crippen LogP contribution in [0.5, 0.6) is 10.9 Å². The molecule has 0 atom stereocenters. The molecule has 1 aromatic heterocycles. The van der Waals surface area contributed by atoms with Gasteiger partial charge in [-0.05, 0) is 25.0 Å². The second-order valence-electron chi connectivity index (χ2n) is 3.87. The van der Waals surface area contributed by atoms with E-state index in [2.05, 4.69) is 9.36 Å². The van der Waals surface area contributed by atoms with Crippen LogP contribution in [0.3, 0.4) is 0 Å². The van der Waals surface area contributed by atoms with Gasteiger partial charge in [-0.2, -0.15) is 9.36 Å². The van der Waals surface area contributed by atoms with Crippen molar-refractivity contribution in [3.63, 3.8) is 0 Å². The molecule has 3 nitrogen and oxygen atoms in total. The summed E-state index contributed by atoms with van der Waals surface area (Å²) < 4.78 is 35.3. The first-order chi connectivity index (χ1) is 8.22. The molecular formula is C11H8F2N2OS. The van der Waals surface area contributed by atoms with Crippen LogP contribution in [-0.4, -0.2) is 9.36 Å². The zero-order valence-electron chi connectivity index (χ0n) is 8.69. The maximum atomic E-state index is 13.3. The van der Waals surface area contributed by atoms with Gasteiger partial charge in [0.2, 0.25) is 0 Å². The van der Waals surface area contributed by atoms with E-state index in [1.54, 1.807) is 0 Å². The maximum Gasteiger partial charge on any atom is 0.298 e. The Morgan fingerprint density at radius 3 is 2.82 bits per heavy atom. The van der Waals surface area contributed by atoms with Crippen molar-refractivity contribution in [1.29, 1.82) is 0 Å². The summed E-state index contributed by atoms with van der Waals surface area (Å²) >= 11 is 1.08. The van der Waals surface area contributed by atoms with Gasteiger partial charge in [-0.3, -0.25) is 0 Å². The predicted molar refractivity (Wildman–Crippen MR) is 58.3 cm³/mol. The third kappa shape index (κ3) is 2.26. The van der Waals surface area contributed by atoms with Gasteiger partial charge in [-0.15, -0.1) is 0 Å². The number of hydrogen-bond acceptors (Lipinski definition) is 4. The number of benzene rings is 1. The summed E-state index contributed by atoms with van der Waals surface area (Å²) in [5.41, 5.74) is 0. The number of ether oxygens (including phenoxy) is 1. The van der Waals surface area contributed by atoms with Crippen LogP contribution in [0, 0.1) is 11.6 Å². The zero-order valence-corrected chi connectivity index (χ0v) is 9.51. The van der Waals surface area contributed by atoms with Gasteiger partial charge in [0.1, 0.15) is 11.6 Å². The molecule has 6 heteroatoms. The van der Waals surface area contributed by atoms with Crippen LogP contribution in [0.4, 0.5) is 8.78 Å². The third-order valence-corrected chi connectivity index (χ3v) is 3.07. The summed E-state index contributed by atoms with van der Waals surface area (Å²) in [7, 11) is 0. The van der Waals surface area contributed by atoms with E-state index in [-0.39, 0.29) is 10.9 Å². The Labute approximate surface area is 100 Å². The molecule has 0 amide bonds. The number of hydrogen-bond donors (Lipinski definition) is 0. The summed E-state index contributed by atoms with van der Waals surface area (Å²) in [6.45, 7) is 0. The molecule has 1 heterocycles. The molecule has 3 rings (SSSR count). The average Bonchev–Trinajstić information content (AvgIpc) is 3.04. The maximum absolute atomic E-state index is 13.3. The summed E-state index contributed by atoms with van der Waals surface area (Å²) in [6, 6.07) is 3.16. The normalized spacial score (nSPS) is 14.9. The predicted octanol–water partition coefficient (Wildman–Crippen LogP) is 3.49. The number of halogens is 2. The summed E-state index contributed by atoms with van der Waals surface area (Å²) in [5, 5.41) is 0.289. The monoisotopic (exact) mass is 254 g/mol. The molecule has 0 unspecified atom stereocenters. The Kier molecular flexibility index (Phi) is 2.51. The van der Waals surface area contributed by atoms with Gasteiger partial charge in [0, 0.05) is 23.5 Å². The van der Waals surface area contributed by atoms with Gasteiger partial charge in [0.05, 0.1) is 0 Å². The lowest BCUT2D eigenvalue weighted by Crippen LogP contribution is -1.89. The van der Waals surface area contributed by atoms with E-state index >= 15 is 0 Å². The number of aromatic nitrogens is 2. The Morgan fingerprint density at radius 1 is 1.29 bits per heavy atom. The highest BCUT2D eigenvalue weighted by atomic mass is 32.1. The Bertz CT molecular complexity index is 554. The van der Waals surface area contributed by atoms with E-state index in [4.69, 9.17) is 4.74 Å². The quantitative estimate of drug-likeness (QED) is 0.841. The Morgan fingerprint density at radius 2 is 2.12 bits per heavy atom. The van der Waals surface area contributed by atoms with E-state index in [0.29, 0.717) is 5.92 Å². The van der Waals surface area contributed by atoms with E-state index in [1.165, 1.54) is 6.07 Å². The fraction of sp³-hybridized carbons (Fsp3) is 0.273. The van der Waals surface area contributed by atoms with Gasteiger partial charge < -0.3 is 4.74 Å². The first kappa shape index (κ1) is 10.6. The van der Waals surface area contributed by atoms with E-state index < -0.39 is 11.6 Å². The van der Waals surface area contributed by atoms with Crippen molar-refractivity contribution >= 4 is 11.5 Å². The highest BCUT2D eigenvalue weighted by Gasteiger charge is 2.28. The molecule has 17 heavy (non-hydrogen) atoms. The fourth-order valence-electron chi connectivity index (χ4n) is 1.42. The molecule has 1 aliphatic carbocycles. The van der Waals surface area contributed by atoms with Crippen molar-refractivity contribution < 1.29 is 13.5 Å². The van der Waals surface area contributed by atoms with Crippen LogP contribution in [0.2, 0.25) is 0 Å². The molecule has 1 saturated carbocycles. The lowest BCUT2D eigenvalue weighted by Gasteiger charge is -2.01. The molecule has 1 aliphatic rings. The van der Waals surface area contributed by atoms with Gasteiger partial charge in [0.25, 0.3) is 5.19 Å². The summed E-state index contributed by atoms with van der Waals surface area (Å²) in [5.74, 6) is -0.224. The van der Waals surface area contributed by atoms with Crippen LogP contribution in [0.25, 0.3) is 0 Å². The van der Waals surface area contributed by atoms with Crippen molar-refractivity contribution in [2.45, 2.75) is 18.8 Å². The molecule has 2 aromatic rings. The highest BCUT2D eigenvalue weighted by Crippen LogP contribution is 2.40. The Balaban J connectivity index is 1.80. The Hall–Kier alpha value is -1.56. The molecule has 1 aromatic carbocycles. The molecule has 88 valence electrons. The SMILES string of the molecule is Fc1ccc(Oc2nc(C3CC3)ns2)c(F)c1. The minimum atomic E-state index is -0.742. The topological polar surface area (TPSA) is 35.0 Å². The number of rotatable bonds is 3. The van der Waals surface area contributed by atoms with Gasteiger partial charge in [-0.1, -0.05) is 0 Å². The summed E-state index contributed by atoms with van der Waals surface area (Å²) in [6.07, 6.45) is 2.20.